The van der Waals surface area contributed by atoms with E-state index >= 15 is 0 Å². The van der Waals surface area contributed by atoms with Crippen LogP contribution in [0.25, 0.3) is 0 Å². The van der Waals surface area contributed by atoms with Gasteiger partial charge in [0.25, 0.3) is 0 Å². The maximum atomic E-state index is 4.24. The van der Waals surface area contributed by atoms with E-state index in [-0.39, 0.29) is 0 Å². The Morgan fingerprint density at radius 1 is 1.64 bits per heavy atom. The van der Waals surface area contributed by atoms with Crippen molar-refractivity contribution in [1.29, 1.82) is 0 Å². The van der Waals surface area contributed by atoms with Crippen molar-refractivity contribution in [3.63, 3.8) is 0 Å². The predicted molar refractivity (Wildman–Crippen MR) is 58.4 cm³/mol. The number of rotatable bonds is 6. The first-order valence-electron chi connectivity index (χ1n) is 5.39. The highest BCUT2D eigenvalue weighted by atomic mass is 32.1. The Morgan fingerprint density at radius 3 is 3.07 bits per heavy atom. The summed E-state index contributed by atoms with van der Waals surface area (Å²) in [5, 5.41) is 4.78. The highest BCUT2D eigenvalue weighted by molar-refractivity contribution is 7.05. The number of hydrogen-bond acceptors (Lipinski definition) is 4. The molecule has 1 saturated carbocycles. The van der Waals surface area contributed by atoms with Gasteiger partial charge in [-0.1, -0.05) is 6.92 Å². The van der Waals surface area contributed by atoms with E-state index in [0.29, 0.717) is 6.04 Å². The lowest BCUT2D eigenvalue weighted by molar-refractivity contribution is 0.459. The van der Waals surface area contributed by atoms with Crippen molar-refractivity contribution in [3.05, 3.63) is 11.3 Å². The van der Waals surface area contributed by atoms with Crippen LogP contribution in [0.15, 0.2) is 6.33 Å². The van der Waals surface area contributed by atoms with Crippen LogP contribution < -0.4 is 5.32 Å². The van der Waals surface area contributed by atoms with E-state index in [1.165, 1.54) is 35.8 Å². The summed E-state index contributed by atoms with van der Waals surface area (Å²) >= 11 is 1.53. The summed E-state index contributed by atoms with van der Waals surface area (Å²) in [6, 6.07) is 0.642. The molecule has 1 aliphatic carbocycles. The number of aromatic nitrogens is 2. The van der Waals surface area contributed by atoms with E-state index in [0.717, 1.165) is 18.9 Å². The molecule has 78 valence electrons. The third kappa shape index (κ3) is 2.75. The monoisotopic (exact) mass is 211 g/mol. The van der Waals surface area contributed by atoms with Crippen LogP contribution in [-0.4, -0.2) is 21.9 Å². The first-order valence-corrected chi connectivity index (χ1v) is 6.16. The van der Waals surface area contributed by atoms with E-state index in [1.807, 2.05) is 0 Å². The van der Waals surface area contributed by atoms with Crippen LogP contribution in [0.3, 0.4) is 0 Å². The zero-order valence-electron chi connectivity index (χ0n) is 8.57. The Morgan fingerprint density at radius 2 is 2.50 bits per heavy atom. The fraction of sp³-hybridized carbons (Fsp3) is 0.800. The van der Waals surface area contributed by atoms with Gasteiger partial charge in [0, 0.05) is 12.5 Å². The Labute approximate surface area is 89.1 Å². The van der Waals surface area contributed by atoms with Crippen LogP contribution in [0, 0.1) is 5.92 Å². The van der Waals surface area contributed by atoms with Gasteiger partial charge < -0.3 is 5.32 Å². The van der Waals surface area contributed by atoms with Crippen molar-refractivity contribution in [2.24, 2.45) is 5.92 Å². The van der Waals surface area contributed by atoms with Crippen molar-refractivity contribution < 1.29 is 0 Å². The van der Waals surface area contributed by atoms with Crippen molar-refractivity contribution >= 4 is 11.5 Å². The van der Waals surface area contributed by atoms with Crippen LogP contribution >= 0.6 is 11.5 Å². The number of hydrogen-bond donors (Lipinski definition) is 1. The lowest BCUT2D eigenvalue weighted by Gasteiger charge is -2.15. The van der Waals surface area contributed by atoms with Crippen molar-refractivity contribution in [2.45, 2.75) is 38.6 Å². The summed E-state index contributed by atoms with van der Waals surface area (Å²) in [5.41, 5.74) is 0. The fourth-order valence-electron chi connectivity index (χ4n) is 1.71. The minimum atomic E-state index is 0.642. The van der Waals surface area contributed by atoms with Gasteiger partial charge in [-0.2, -0.15) is 4.37 Å². The van der Waals surface area contributed by atoms with Gasteiger partial charge in [0.15, 0.2) is 0 Å². The molecule has 14 heavy (non-hydrogen) atoms. The van der Waals surface area contributed by atoms with Crippen LogP contribution in [0.4, 0.5) is 0 Å². The largest absolute Gasteiger partial charge is 0.313 e. The van der Waals surface area contributed by atoms with Crippen LogP contribution in [-0.2, 0) is 6.42 Å². The molecule has 0 radical (unpaired) electrons. The maximum absolute atomic E-state index is 4.24. The molecule has 3 nitrogen and oxygen atoms in total. The summed E-state index contributed by atoms with van der Waals surface area (Å²) < 4.78 is 4.04. The van der Waals surface area contributed by atoms with Gasteiger partial charge in [-0.05, 0) is 43.3 Å². The van der Waals surface area contributed by atoms with E-state index in [2.05, 4.69) is 21.6 Å². The zero-order valence-corrected chi connectivity index (χ0v) is 9.39. The molecule has 1 aliphatic rings. The topological polar surface area (TPSA) is 37.8 Å². The lowest BCUT2D eigenvalue weighted by atomic mass is 10.1. The van der Waals surface area contributed by atoms with Gasteiger partial charge in [0.2, 0.25) is 0 Å². The quantitative estimate of drug-likeness (QED) is 0.780. The molecular weight excluding hydrogens is 194 g/mol. The van der Waals surface area contributed by atoms with E-state index in [4.69, 9.17) is 0 Å². The molecule has 1 aromatic rings. The molecule has 0 aliphatic heterocycles. The molecule has 1 atom stereocenters. The molecule has 0 saturated heterocycles. The molecular formula is C10H17N3S. The third-order valence-electron chi connectivity index (χ3n) is 2.65. The van der Waals surface area contributed by atoms with E-state index < -0.39 is 0 Å². The predicted octanol–water partition coefficient (Wildman–Crippen LogP) is 1.86. The Balaban J connectivity index is 1.84. The van der Waals surface area contributed by atoms with Crippen molar-refractivity contribution in [1.82, 2.24) is 14.7 Å². The molecule has 1 fully saturated rings. The normalized spacial score (nSPS) is 18.4. The van der Waals surface area contributed by atoms with Crippen LogP contribution in [0.1, 0.15) is 31.2 Å². The first-order chi connectivity index (χ1) is 6.90. The molecule has 0 bridgehead atoms. The van der Waals surface area contributed by atoms with Crippen LogP contribution in [0.2, 0.25) is 0 Å². The second-order valence-electron chi connectivity index (χ2n) is 3.94. The van der Waals surface area contributed by atoms with Gasteiger partial charge in [0.05, 0.1) is 0 Å². The number of nitrogens with one attached hydrogen (secondary N) is 1. The molecule has 1 heterocycles. The van der Waals surface area contributed by atoms with Gasteiger partial charge in [-0.25, -0.2) is 4.98 Å². The standard InChI is InChI=1S/C10H17N3S/c1-2-5-11-9(8-3-4-8)6-10-12-7-13-14-10/h7-9,11H,2-6H2,1H3. The van der Waals surface area contributed by atoms with Gasteiger partial charge in [0.1, 0.15) is 11.3 Å². The van der Waals surface area contributed by atoms with Crippen molar-refractivity contribution in [3.8, 4) is 0 Å². The van der Waals surface area contributed by atoms with Crippen molar-refractivity contribution in [2.75, 3.05) is 6.54 Å². The SMILES string of the molecule is CCCNC(Cc1ncns1)C1CC1. The molecule has 2 rings (SSSR count). The minimum Gasteiger partial charge on any atom is -0.313 e. The third-order valence-corrected chi connectivity index (χ3v) is 3.33. The average molecular weight is 211 g/mol. The Kier molecular flexibility index (Phi) is 3.48. The fourth-order valence-corrected chi connectivity index (χ4v) is 2.27. The van der Waals surface area contributed by atoms with Gasteiger partial charge in [-0.15, -0.1) is 0 Å². The van der Waals surface area contributed by atoms with E-state index in [9.17, 15) is 0 Å². The zero-order chi connectivity index (χ0) is 9.80. The molecule has 4 heteroatoms. The molecule has 1 unspecified atom stereocenters. The smallest absolute Gasteiger partial charge is 0.129 e. The first kappa shape index (κ1) is 10.1. The molecule has 0 aromatic carbocycles. The Bertz CT molecular complexity index is 256. The second kappa shape index (κ2) is 4.84. The second-order valence-corrected chi connectivity index (χ2v) is 4.80. The average Bonchev–Trinajstić information content (AvgIpc) is 2.92. The summed E-state index contributed by atoms with van der Waals surface area (Å²) in [6.45, 7) is 3.34. The van der Waals surface area contributed by atoms with E-state index in [1.54, 1.807) is 6.33 Å². The molecule has 0 spiro atoms. The summed E-state index contributed by atoms with van der Waals surface area (Å²) in [4.78, 5) is 4.24. The molecule has 1 aromatic heterocycles. The maximum Gasteiger partial charge on any atom is 0.129 e. The van der Waals surface area contributed by atoms with Gasteiger partial charge >= 0.3 is 0 Å². The molecule has 1 N–H and O–H groups in total. The summed E-state index contributed by atoms with van der Waals surface area (Å²) in [6.07, 6.45) is 6.71. The summed E-state index contributed by atoms with van der Waals surface area (Å²) in [5.74, 6) is 0.894. The molecule has 0 amide bonds. The highest BCUT2D eigenvalue weighted by Gasteiger charge is 2.31. The van der Waals surface area contributed by atoms with Crippen LogP contribution in [0.5, 0.6) is 0 Å². The number of nitrogens with zero attached hydrogens (tertiary/aromatic N) is 2. The highest BCUT2D eigenvalue weighted by Crippen LogP contribution is 2.34. The lowest BCUT2D eigenvalue weighted by Crippen LogP contribution is -2.33. The minimum absolute atomic E-state index is 0.642. The van der Waals surface area contributed by atoms with Gasteiger partial charge in [-0.3, -0.25) is 0 Å². The Hall–Kier alpha value is -0.480. The summed E-state index contributed by atoms with van der Waals surface area (Å²) in [7, 11) is 0.